The van der Waals surface area contributed by atoms with Gasteiger partial charge in [0, 0.05) is 0 Å². The highest BCUT2D eigenvalue weighted by Crippen LogP contribution is 1.86. The molecule has 3 N–H and O–H groups in total. The average molecular weight is 164 g/mol. The van der Waals surface area contributed by atoms with E-state index >= 15 is 0 Å². The summed E-state index contributed by atoms with van der Waals surface area (Å²) in [6, 6.07) is 10.1. The Morgan fingerprint density at radius 2 is 1.44 bits per heavy atom. The minimum Gasteiger partial charge on any atom is -0.344 e. The van der Waals surface area contributed by atoms with Gasteiger partial charge >= 0.3 is 0 Å². The van der Waals surface area contributed by atoms with Gasteiger partial charge in [-0.1, -0.05) is 30.3 Å². The Hall–Kier alpha value is -0.100. The monoisotopic (exact) mass is 163 g/mol. The lowest BCUT2D eigenvalue weighted by Gasteiger charge is -1.82. The van der Waals surface area contributed by atoms with Crippen LogP contribution in [0, 0.1) is 0 Å². The maximum absolute atomic E-state index is 2.63. The fourth-order valence-corrected chi connectivity index (χ4v) is 0.675. The first-order valence-corrected chi connectivity index (χ1v) is 2.78. The summed E-state index contributed by atoms with van der Waals surface area (Å²) in [5, 5.41) is 1.24. The standard InChI is InChI=1S/C6H7P.ClH.H3N/c7-6-4-2-1-3-5-6;;/h1-5H,7H2;1H;1H3. The van der Waals surface area contributed by atoms with Gasteiger partial charge < -0.3 is 6.15 Å². The zero-order valence-corrected chi connectivity index (χ0v) is 7.05. The van der Waals surface area contributed by atoms with Crippen LogP contribution in [0.2, 0.25) is 0 Å². The van der Waals surface area contributed by atoms with Crippen LogP contribution in [0.25, 0.3) is 0 Å². The molecule has 0 aliphatic carbocycles. The summed E-state index contributed by atoms with van der Waals surface area (Å²) in [7, 11) is 2.63. The molecule has 0 heterocycles. The average Bonchev–Trinajstić information content (AvgIpc) is 1.69. The molecule has 0 aliphatic heterocycles. The lowest BCUT2D eigenvalue weighted by atomic mass is 10.4. The first kappa shape index (κ1) is 11.7. The lowest BCUT2D eigenvalue weighted by Crippen LogP contribution is -1.82. The Morgan fingerprint density at radius 3 is 1.67 bits per heavy atom. The van der Waals surface area contributed by atoms with Gasteiger partial charge in [-0.2, -0.15) is 0 Å². The predicted molar refractivity (Wildman–Crippen MR) is 48.1 cm³/mol. The maximum atomic E-state index is 2.63. The predicted octanol–water partition coefficient (Wildman–Crippen LogP) is 1.77. The molecule has 1 atom stereocenters. The van der Waals surface area contributed by atoms with Crippen molar-refractivity contribution in [2.75, 3.05) is 0 Å². The van der Waals surface area contributed by atoms with E-state index in [0.717, 1.165) is 0 Å². The molecule has 0 saturated heterocycles. The summed E-state index contributed by atoms with van der Waals surface area (Å²) >= 11 is 0. The van der Waals surface area contributed by atoms with Crippen molar-refractivity contribution in [3.63, 3.8) is 0 Å². The summed E-state index contributed by atoms with van der Waals surface area (Å²) < 4.78 is 0. The quantitative estimate of drug-likeness (QED) is 0.582. The highest BCUT2D eigenvalue weighted by molar-refractivity contribution is 7.27. The van der Waals surface area contributed by atoms with Crippen LogP contribution in [0.4, 0.5) is 0 Å². The smallest absolute Gasteiger partial charge is 0.0303 e. The second-order valence-corrected chi connectivity index (χ2v) is 2.08. The molecule has 1 nitrogen and oxygen atoms in total. The van der Waals surface area contributed by atoms with Crippen molar-refractivity contribution in [3.8, 4) is 0 Å². The van der Waals surface area contributed by atoms with Gasteiger partial charge in [0.25, 0.3) is 0 Å². The van der Waals surface area contributed by atoms with E-state index in [1.54, 1.807) is 0 Å². The largest absolute Gasteiger partial charge is 0.344 e. The van der Waals surface area contributed by atoms with Crippen molar-refractivity contribution < 1.29 is 0 Å². The van der Waals surface area contributed by atoms with Gasteiger partial charge in [0.05, 0.1) is 0 Å². The van der Waals surface area contributed by atoms with Crippen molar-refractivity contribution in [2.24, 2.45) is 0 Å². The molecule has 0 saturated carbocycles. The van der Waals surface area contributed by atoms with Gasteiger partial charge in [0.15, 0.2) is 0 Å². The molecule has 0 fully saturated rings. The molecule has 3 heteroatoms. The molecule has 0 aliphatic rings. The third-order valence-corrected chi connectivity index (χ3v) is 1.18. The molecule has 9 heavy (non-hydrogen) atoms. The SMILES string of the molecule is Cl.N.Pc1ccccc1. The molecule has 1 unspecified atom stereocenters. The first-order valence-electron chi connectivity index (χ1n) is 2.20. The fourth-order valence-electron chi connectivity index (χ4n) is 0.453. The van der Waals surface area contributed by atoms with Crippen LogP contribution in [0.15, 0.2) is 30.3 Å². The van der Waals surface area contributed by atoms with Gasteiger partial charge in [-0.25, -0.2) is 0 Å². The zero-order valence-electron chi connectivity index (χ0n) is 5.08. The molecule has 0 amide bonds. The molecule has 1 aromatic carbocycles. The number of rotatable bonds is 0. The molecule has 0 bridgehead atoms. The normalized spacial score (nSPS) is 6.78. The number of benzene rings is 1. The van der Waals surface area contributed by atoms with E-state index < -0.39 is 0 Å². The molecule has 0 radical (unpaired) electrons. The molecular formula is C6H11ClNP. The third-order valence-electron chi connectivity index (χ3n) is 0.800. The summed E-state index contributed by atoms with van der Waals surface area (Å²) in [6.45, 7) is 0. The number of hydrogen-bond acceptors (Lipinski definition) is 1. The van der Waals surface area contributed by atoms with E-state index in [1.165, 1.54) is 5.30 Å². The topological polar surface area (TPSA) is 35.0 Å². The van der Waals surface area contributed by atoms with E-state index in [-0.39, 0.29) is 18.6 Å². The van der Waals surface area contributed by atoms with Gasteiger partial charge in [-0.3, -0.25) is 0 Å². The van der Waals surface area contributed by atoms with Crippen LogP contribution >= 0.6 is 21.6 Å². The molecule has 0 spiro atoms. The highest BCUT2D eigenvalue weighted by Gasteiger charge is 1.72. The summed E-state index contributed by atoms with van der Waals surface area (Å²) in [5.74, 6) is 0. The highest BCUT2D eigenvalue weighted by atomic mass is 35.5. The summed E-state index contributed by atoms with van der Waals surface area (Å²) in [6.07, 6.45) is 0. The Morgan fingerprint density at radius 1 is 1.00 bits per heavy atom. The van der Waals surface area contributed by atoms with Crippen LogP contribution in [0.5, 0.6) is 0 Å². The van der Waals surface area contributed by atoms with Crippen molar-refractivity contribution in [2.45, 2.75) is 0 Å². The lowest BCUT2D eigenvalue weighted by molar-refractivity contribution is 1.78. The van der Waals surface area contributed by atoms with E-state index in [2.05, 4.69) is 9.24 Å². The van der Waals surface area contributed by atoms with Crippen LogP contribution < -0.4 is 11.5 Å². The van der Waals surface area contributed by atoms with E-state index in [0.29, 0.717) is 0 Å². The van der Waals surface area contributed by atoms with Crippen molar-refractivity contribution in [1.82, 2.24) is 6.15 Å². The Balaban J connectivity index is 0. The minimum absolute atomic E-state index is 0. The molecule has 1 rings (SSSR count). The molecule has 52 valence electrons. The molecule has 1 aromatic rings. The van der Waals surface area contributed by atoms with Crippen LogP contribution in [-0.2, 0) is 0 Å². The van der Waals surface area contributed by atoms with E-state index in [1.807, 2.05) is 30.3 Å². The minimum atomic E-state index is 0. The van der Waals surface area contributed by atoms with Crippen LogP contribution in [0.1, 0.15) is 0 Å². The number of halogens is 1. The maximum Gasteiger partial charge on any atom is -0.0303 e. The Labute approximate surface area is 64.1 Å². The summed E-state index contributed by atoms with van der Waals surface area (Å²) in [5.41, 5.74) is 0. The van der Waals surface area contributed by atoms with Crippen LogP contribution in [-0.4, -0.2) is 0 Å². The van der Waals surface area contributed by atoms with E-state index in [9.17, 15) is 0 Å². The van der Waals surface area contributed by atoms with Crippen molar-refractivity contribution in [1.29, 1.82) is 0 Å². The van der Waals surface area contributed by atoms with E-state index in [4.69, 9.17) is 0 Å². The van der Waals surface area contributed by atoms with Gasteiger partial charge in [-0.15, -0.1) is 21.6 Å². The third kappa shape index (κ3) is 4.41. The second-order valence-electron chi connectivity index (χ2n) is 1.41. The molecule has 0 aromatic heterocycles. The zero-order chi connectivity index (χ0) is 5.11. The summed E-state index contributed by atoms with van der Waals surface area (Å²) in [4.78, 5) is 0. The van der Waals surface area contributed by atoms with Gasteiger partial charge in [0.2, 0.25) is 0 Å². The Bertz CT molecular complexity index is 143. The van der Waals surface area contributed by atoms with Crippen LogP contribution in [0.3, 0.4) is 0 Å². The van der Waals surface area contributed by atoms with Crippen molar-refractivity contribution >= 4 is 27.0 Å². The fraction of sp³-hybridized carbons (Fsp3) is 0. The van der Waals surface area contributed by atoms with Crippen molar-refractivity contribution in [3.05, 3.63) is 30.3 Å². The first-order chi connectivity index (χ1) is 3.39. The van der Waals surface area contributed by atoms with Gasteiger partial charge in [0.1, 0.15) is 0 Å². The Kier molecular flexibility index (Phi) is 7.81. The number of hydrogen-bond donors (Lipinski definition) is 1. The molecular weight excluding hydrogens is 152 g/mol. The second kappa shape index (κ2) is 6.03. The van der Waals surface area contributed by atoms with Gasteiger partial charge in [-0.05, 0) is 5.30 Å².